The molecule has 0 unspecified atom stereocenters. The molecular formula is C15H20Cl2NO4Si. The van der Waals surface area contributed by atoms with Crippen molar-refractivity contribution in [3.63, 3.8) is 0 Å². The van der Waals surface area contributed by atoms with Crippen LogP contribution in [0.15, 0.2) is 18.2 Å². The number of benzene rings is 1. The van der Waals surface area contributed by atoms with Crippen molar-refractivity contribution >= 4 is 43.8 Å². The summed E-state index contributed by atoms with van der Waals surface area (Å²) in [6, 6.07) is 5.27. The lowest BCUT2D eigenvalue weighted by Crippen LogP contribution is -2.50. The van der Waals surface area contributed by atoms with Gasteiger partial charge in [-0.05, 0) is 50.6 Å². The third-order valence-corrected chi connectivity index (χ3v) is 5.85. The molecule has 0 aromatic heterocycles. The van der Waals surface area contributed by atoms with Gasteiger partial charge in [-0.3, -0.25) is 4.79 Å². The molecule has 0 bridgehead atoms. The molecule has 0 saturated heterocycles. The van der Waals surface area contributed by atoms with Crippen LogP contribution in [-0.2, 0) is 15.5 Å². The largest absolute Gasteiger partial charge is 0.472 e. The van der Waals surface area contributed by atoms with Crippen LogP contribution in [0.5, 0.6) is 0 Å². The van der Waals surface area contributed by atoms with Gasteiger partial charge in [0.25, 0.3) is 5.59 Å². The Kier molecular flexibility index (Phi) is 6.92. The van der Waals surface area contributed by atoms with Crippen molar-refractivity contribution in [2.75, 3.05) is 14.2 Å². The van der Waals surface area contributed by atoms with Crippen LogP contribution in [0.3, 0.4) is 0 Å². The van der Waals surface area contributed by atoms with Gasteiger partial charge in [0.15, 0.2) is 0 Å². The first-order valence-electron chi connectivity index (χ1n) is 6.90. The maximum atomic E-state index is 12.2. The summed E-state index contributed by atoms with van der Waals surface area (Å²) >= 11 is 12.1. The molecule has 1 aromatic rings. The smallest absolute Gasteiger partial charge is 0.402 e. The summed E-state index contributed by atoms with van der Waals surface area (Å²) in [6.45, 7) is 5.28. The van der Waals surface area contributed by atoms with E-state index in [1.54, 1.807) is 39.0 Å². The van der Waals surface area contributed by atoms with Crippen molar-refractivity contribution in [1.29, 1.82) is 0 Å². The van der Waals surface area contributed by atoms with Crippen LogP contribution in [-0.4, -0.2) is 45.0 Å². The minimum atomic E-state index is -2.06. The van der Waals surface area contributed by atoms with Gasteiger partial charge in [-0.25, -0.2) is 4.79 Å². The van der Waals surface area contributed by atoms with Gasteiger partial charge < -0.3 is 14.0 Å². The van der Waals surface area contributed by atoms with E-state index in [0.29, 0.717) is 15.6 Å². The minimum absolute atomic E-state index is 0.270. The highest BCUT2D eigenvalue weighted by molar-refractivity contribution is 6.87. The molecule has 0 aliphatic rings. The Morgan fingerprint density at radius 1 is 1.26 bits per heavy atom. The van der Waals surface area contributed by atoms with Crippen LogP contribution >= 0.6 is 23.2 Å². The Morgan fingerprint density at radius 2 is 1.87 bits per heavy atom. The number of ether oxygens (including phenoxy) is 2. The molecule has 0 spiro atoms. The lowest BCUT2D eigenvalue weighted by molar-refractivity contribution is 0.0408. The Bertz CT molecular complexity index is 589. The Hall–Kier alpha value is -1.24. The number of carbonyl (C=O) groups is 2. The summed E-state index contributed by atoms with van der Waals surface area (Å²) in [6.07, 6.45) is -0.574. The van der Waals surface area contributed by atoms with Crippen molar-refractivity contribution < 1.29 is 19.1 Å². The first kappa shape index (κ1) is 19.8. The average Bonchev–Trinajstić information content (AvgIpc) is 2.44. The summed E-state index contributed by atoms with van der Waals surface area (Å²) in [4.78, 5) is 24.3. The van der Waals surface area contributed by atoms with Crippen molar-refractivity contribution in [2.24, 2.45) is 0 Å². The maximum absolute atomic E-state index is 12.2. The van der Waals surface area contributed by atoms with Crippen LogP contribution < -0.4 is 0 Å². The van der Waals surface area contributed by atoms with Gasteiger partial charge in [0.05, 0.1) is 7.11 Å². The Morgan fingerprint density at radius 3 is 2.39 bits per heavy atom. The molecule has 5 nitrogen and oxygen atoms in total. The predicted molar refractivity (Wildman–Crippen MR) is 92.3 cm³/mol. The van der Waals surface area contributed by atoms with E-state index in [2.05, 4.69) is 0 Å². The number of nitrogens with zero attached hydrogens (tertiary/aromatic N) is 1. The lowest BCUT2D eigenvalue weighted by Gasteiger charge is -2.28. The number of halogens is 2. The Labute approximate surface area is 148 Å². The zero-order valence-corrected chi connectivity index (χ0v) is 16.3. The third kappa shape index (κ3) is 6.05. The summed E-state index contributed by atoms with van der Waals surface area (Å²) in [5.74, 6) is 0. The van der Waals surface area contributed by atoms with Crippen LogP contribution in [0.2, 0.25) is 10.0 Å². The van der Waals surface area contributed by atoms with E-state index in [0.717, 1.165) is 0 Å². The van der Waals surface area contributed by atoms with E-state index in [1.165, 1.54) is 18.7 Å². The van der Waals surface area contributed by atoms with E-state index in [4.69, 9.17) is 32.7 Å². The molecule has 0 atom stereocenters. The molecule has 0 saturated carbocycles. The molecule has 23 heavy (non-hydrogen) atoms. The molecule has 0 N–H and O–H groups in total. The molecule has 0 fully saturated rings. The second kappa shape index (κ2) is 8.03. The third-order valence-electron chi connectivity index (χ3n) is 2.86. The minimum Gasteiger partial charge on any atom is -0.472 e. The molecule has 0 aliphatic carbocycles. The summed E-state index contributed by atoms with van der Waals surface area (Å²) in [5.41, 5.74) is -0.421. The van der Waals surface area contributed by atoms with Gasteiger partial charge in [-0.2, -0.15) is 0 Å². The zero-order chi connectivity index (χ0) is 17.8. The standard InChI is InChI=1S/C15H20Cl2NO4Si/c1-15(2,3)22-13(19)18(4)23(14(20)21-5)9-10-8-11(16)6-7-12(10)17/h6-8H,9H2,1-5H3. The van der Waals surface area contributed by atoms with Gasteiger partial charge in [0, 0.05) is 17.1 Å². The average molecular weight is 377 g/mol. The number of carbonyl (C=O) groups excluding carboxylic acids is 2. The summed E-state index contributed by atoms with van der Waals surface area (Å²) in [5, 5.41) is 0.994. The first-order valence-corrected chi connectivity index (χ1v) is 9.31. The zero-order valence-electron chi connectivity index (χ0n) is 13.8. The lowest BCUT2D eigenvalue weighted by atomic mass is 10.2. The summed E-state index contributed by atoms with van der Waals surface area (Å²) in [7, 11) is 0.755. The predicted octanol–water partition coefficient (Wildman–Crippen LogP) is 4.28. The van der Waals surface area contributed by atoms with E-state index < -0.39 is 26.2 Å². The number of rotatable bonds is 4. The molecule has 1 amide bonds. The van der Waals surface area contributed by atoms with Crippen LogP contribution in [0.25, 0.3) is 0 Å². The number of hydrogen-bond acceptors (Lipinski definition) is 4. The quantitative estimate of drug-likeness (QED) is 0.735. The molecule has 0 aliphatic heterocycles. The second-order valence-corrected chi connectivity index (χ2v) is 9.06. The normalized spacial score (nSPS) is 11.3. The highest BCUT2D eigenvalue weighted by Crippen LogP contribution is 2.23. The van der Waals surface area contributed by atoms with Gasteiger partial charge in [-0.15, -0.1) is 0 Å². The van der Waals surface area contributed by atoms with Gasteiger partial charge in [-0.1, -0.05) is 23.2 Å². The van der Waals surface area contributed by atoms with Crippen LogP contribution in [0.1, 0.15) is 26.3 Å². The summed E-state index contributed by atoms with van der Waals surface area (Å²) < 4.78 is 11.5. The molecule has 1 rings (SSSR count). The van der Waals surface area contributed by atoms with Gasteiger partial charge >= 0.3 is 15.1 Å². The van der Waals surface area contributed by atoms with Crippen molar-refractivity contribution in [3.05, 3.63) is 33.8 Å². The van der Waals surface area contributed by atoms with Gasteiger partial charge in [0.1, 0.15) is 5.60 Å². The number of hydrogen-bond donors (Lipinski definition) is 0. The maximum Gasteiger partial charge on any atom is 0.402 e. The molecular weight excluding hydrogens is 357 g/mol. The van der Waals surface area contributed by atoms with Crippen molar-refractivity contribution in [1.82, 2.24) is 4.57 Å². The van der Waals surface area contributed by atoms with E-state index in [1.807, 2.05) is 0 Å². The fourth-order valence-corrected chi connectivity index (χ4v) is 4.05. The molecule has 1 radical (unpaired) electrons. The molecule has 1 aromatic carbocycles. The van der Waals surface area contributed by atoms with Crippen LogP contribution in [0, 0.1) is 0 Å². The fraction of sp³-hybridized carbons (Fsp3) is 0.467. The van der Waals surface area contributed by atoms with E-state index in [-0.39, 0.29) is 6.04 Å². The monoisotopic (exact) mass is 376 g/mol. The topological polar surface area (TPSA) is 55.8 Å². The second-order valence-electron chi connectivity index (χ2n) is 5.89. The number of methoxy groups -OCH3 is 1. The number of amides is 1. The van der Waals surface area contributed by atoms with Crippen LogP contribution in [0.4, 0.5) is 9.59 Å². The first-order chi connectivity index (χ1) is 10.5. The Balaban J connectivity index is 3.03. The fourth-order valence-electron chi connectivity index (χ4n) is 1.75. The molecule has 127 valence electrons. The SMILES string of the molecule is COC(=O)[Si](Cc1cc(Cl)ccc1Cl)N(C)C(=O)OC(C)(C)C. The molecule has 0 heterocycles. The van der Waals surface area contributed by atoms with Crippen molar-refractivity contribution in [2.45, 2.75) is 32.4 Å². The molecule has 8 heteroatoms. The highest BCUT2D eigenvalue weighted by Gasteiger charge is 2.35. The van der Waals surface area contributed by atoms with E-state index >= 15 is 0 Å². The van der Waals surface area contributed by atoms with E-state index in [9.17, 15) is 9.59 Å². The van der Waals surface area contributed by atoms with Gasteiger partial charge in [0.2, 0.25) is 0 Å². The van der Waals surface area contributed by atoms with Crippen molar-refractivity contribution in [3.8, 4) is 0 Å². The highest BCUT2D eigenvalue weighted by atomic mass is 35.5.